The van der Waals surface area contributed by atoms with Crippen LogP contribution in [0.15, 0.2) is 17.6 Å². The third kappa shape index (κ3) is 2.27. The van der Waals surface area contributed by atoms with Crippen LogP contribution in [0.2, 0.25) is 0 Å². The van der Waals surface area contributed by atoms with E-state index >= 15 is 0 Å². The molecule has 1 fully saturated rings. The topological polar surface area (TPSA) is 112 Å². The number of sulfonamides is 1. The molecule has 0 aliphatic carbocycles. The molecule has 8 nitrogen and oxygen atoms in total. The predicted octanol–water partition coefficient (Wildman–Crippen LogP) is -1.16. The molecule has 1 saturated heterocycles. The van der Waals surface area contributed by atoms with E-state index in [1.165, 1.54) is 13.4 Å². The summed E-state index contributed by atoms with van der Waals surface area (Å²) in [5.41, 5.74) is 0. The first kappa shape index (κ1) is 12.7. The normalized spacial score (nSPS) is 21.4. The fraction of sp³-hybridized carbons (Fsp3) is 0.444. The van der Waals surface area contributed by atoms with Crippen molar-refractivity contribution in [1.82, 2.24) is 19.6 Å². The van der Waals surface area contributed by atoms with Gasteiger partial charge in [-0.3, -0.25) is 14.5 Å². The first-order chi connectivity index (χ1) is 8.42. The van der Waals surface area contributed by atoms with Gasteiger partial charge in [-0.25, -0.2) is 13.4 Å². The molecule has 2 N–H and O–H groups in total. The van der Waals surface area contributed by atoms with Gasteiger partial charge < -0.3 is 4.98 Å². The fourth-order valence-corrected chi connectivity index (χ4v) is 2.79. The van der Waals surface area contributed by atoms with E-state index in [0.717, 1.165) is 11.1 Å². The van der Waals surface area contributed by atoms with E-state index in [1.54, 1.807) is 0 Å². The molecule has 0 saturated carbocycles. The number of hydrogen-bond donors (Lipinski definition) is 2. The van der Waals surface area contributed by atoms with Gasteiger partial charge >= 0.3 is 0 Å². The second kappa shape index (κ2) is 4.50. The molecule has 18 heavy (non-hydrogen) atoms. The Morgan fingerprint density at radius 2 is 2.22 bits per heavy atom. The number of carbonyl (C=O) groups excluding carboxylic acids is 2. The highest BCUT2D eigenvalue weighted by Gasteiger charge is 2.35. The molecule has 0 spiro atoms. The molecule has 1 aromatic rings. The number of aromatic amines is 1. The number of rotatable bonds is 3. The molecule has 98 valence electrons. The van der Waals surface area contributed by atoms with Gasteiger partial charge in [-0.05, 0) is 6.42 Å². The van der Waals surface area contributed by atoms with Gasteiger partial charge in [-0.1, -0.05) is 0 Å². The molecule has 1 atom stereocenters. The van der Waals surface area contributed by atoms with E-state index in [-0.39, 0.29) is 23.8 Å². The van der Waals surface area contributed by atoms with Gasteiger partial charge in [-0.15, -0.1) is 0 Å². The Balaban J connectivity index is 2.15. The van der Waals surface area contributed by atoms with Gasteiger partial charge in [0.25, 0.3) is 10.0 Å². The highest BCUT2D eigenvalue weighted by molar-refractivity contribution is 7.89. The highest BCUT2D eigenvalue weighted by Crippen LogP contribution is 2.14. The molecule has 2 heterocycles. The Hall–Kier alpha value is -1.74. The van der Waals surface area contributed by atoms with Crippen LogP contribution in [0.4, 0.5) is 0 Å². The van der Waals surface area contributed by atoms with Crippen LogP contribution in [-0.4, -0.2) is 48.2 Å². The van der Waals surface area contributed by atoms with Crippen molar-refractivity contribution in [2.24, 2.45) is 0 Å². The number of likely N-dealkylation sites (N-methyl/N-ethyl adjacent to an activating group) is 1. The first-order valence-electron chi connectivity index (χ1n) is 5.23. The number of imide groups is 1. The van der Waals surface area contributed by atoms with Crippen LogP contribution >= 0.6 is 0 Å². The maximum Gasteiger partial charge on any atom is 0.258 e. The number of imidazole rings is 1. The number of amides is 2. The van der Waals surface area contributed by atoms with Crippen LogP contribution in [0.3, 0.4) is 0 Å². The van der Waals surface area contributed by atoms with Crippen LogP contribution in [0.5, 0.6) is 0 Å². The minimum Gasteiger partial charge on any atom is -0.335 e. The maximum absolute atomic E-state index is 11.9. The minimum absolute atomic E-state index is 0.116. The van der Waals surface area contributed by atoms with E-state index in [0.29, 0.717) is 0 Å². The Labute approximate surface area is 103 Å². The van der Waals surface area contributed by atoms with Crippen molar-refractivity contribution in [3.63, 3.8) is 0 Å². The van der Waals surface area contributed by atoms with Crippen LogP contribution in [-0.2, 0) is 19.6 Å². The van der Waals surface area contributed by atoms with Crippen molar-refractivity contribution >= 4 is 21.8 Å². The average Bonchev–Trinajstić information content (AvgIpc) is 2.84. The molecule has 0 bridgehead atoms. The lowest BCUT2D eigenvalue weighted by atomic mass is 10.1. The zero-order valence-corrected chi connectivity index (χ0v) is 10.4. The van der Waals surface area contributed by atoms with Crippen LogP contribution in [0.25, 0.3) is 0 Å². The lowest BCUT2D eigenvalue weighted by Gasteiger charge is -2.27. The van der Waals surface area contributed by atoms with Gasteiger partial charge in [0.05, 0.1) is 12.5 Å². The molecule has 9 heteroatoms. The van der Waals surface area contributed by atoms with Crippen molar-refractivity contribution in [3.8, 4) is 0 Å². The van der Waals surface area contributed by atoms with E-state index in [9.17, 15) is 18.0 Å². The fourth-order valence-electron chi connectivity index (χ4n) is 1.67. The largest absolute Gasteiger partial charge is 0.335 e. The summed E-state index contributed by atoms with van der Waals surface area (Å²) >= 11 is 0. The Kier molecular flexibility index (Phi) is 3.18. The molecule has 0 aromatic carbocycles. The number of nitrogens with zero attached hydrogens (tertiary/aromatic N) is 2. The summed E-state index contributed by atoms with van der Waals surface area (Å²) < 4.78 is 26.0. The summed E-state index contributed by atoms with van der Waals surface area (Å²) in [7, 11) is -2.48. The molecule has 1 aromatic heterocycles. The Bertz CT molecular complexity index is 565. The third-order valence-electron chi connectivity index (χ3n) is 2.71. The Morgan fingerprint density at radius 1 is 1.50 bits per heavy atom. The number of aromatic nitrogens is 2. The van der Waals surface area contributed by atoms with E-state index < -0.39 is 22.0 Å². The zero-order valence-electron chi connectivity index (χ0n) is 9.58. The van der Waals surface area contributed by atoms with Crippen molar-refractivity contribution in [1.29, 1.82) is 0 Å². The van der Waals surface area contributed by atoms with Gasteiger partial charge in [0, 0.05) is 13.5 Å². The molecule has 2 amide bonds. The lowest BCUT2D eigenvalue weighted by Crippen LogP contribution is -2.52. The van der Waals surface area contributed by atoms with E-state index in [1.807, 2.05) is 0 Å². The van der Waals surface area contributed by atoms with Crippen molar-refractivity contribution in [2.45, 2.75) is 23.9 Å². The predicted molar refractivity (Wildman–Crippen MR) is 59.7 cm³/mol. The minimum atomic E-state index is -3.82. The lowest BCUT2D eigenvalue weighted by molar-refractivity contribution is -0.147. The number of H-pyrrole nitrogens is 1. The second-order valence-electron chi connectivity index (χ2n) is 3.92. The molecular weight excluding hydrogens is 260 g/mol. The smallest absolute Gasteiger partial charge is 0.258 e. The summed E-state index contributed by atoms with van der Waals surface area (Å²) in [4.78, 5) is 30.0. The quantitative estimate of drug-likeness (QED) is 0.674. The van der Waals surface area contributed by atoms with Crippen molar-refractivity contribution in [2.75, 3.05) is 7.05 Å². The molecule has 1 aliphatic rings. The number of nitrogens with one attached hydrogen (secondary N) is 2. The van der Waals surface area contributed by atoms with Crippen LogP contribution < -0.4 is 4.72 Å². The van der Waals surface area contributed by atoms with Crippen molar-refractivity contribution in [3.05, 3.63) is 12.5 Å². The summed E-state index contributed by atoms with van der Waals surface area (Å²) in [6, 6.07) is -0.916. The third-order valence-corrected chi connectivity index (χ3v) is 4.11. The zero-order chi connectivity index (χ0) is 13.3. The monoisotopic (exact) mass is 272 g/mol. The summed E-state index contributed by atoms with van der Waals surface area (Å²) in [6.45, 7) is 0. The maximum atomic E-state index is 11.9. The van der Waals surface area contributed by atoms with E-state index in [2.05, 4.69) is 14.7 Å². The molecular formula is C9H12N4O4S. The standard InChI is InChI=1S/C9H12N4O4S/c1-13-8(14)3-2-6(9(13)15)12-18(16,17)7-4-10-5-11-7/h4-6,12H,2-3H2,1H3,(H,10,11). The van der Waals surface area contributed by atoms with Crippen LogP contribution in [0.1, 0.15) is 12.8 Å². The van der Waals surface area contributed by atoms with Gasteiger partial charge in [0.2, 0.25) is 11.8 Å². The first-order valence-corrected chi connectivity index (χ1v) is 6.71. The number of likely N-dealkylation sites (tertiary alicyclic amines) is 1. The van der Waals surface area contributed by atoms with Gasteiger partial charge in [0.1, 0.15) is 6.04 Å². The molecule has 0 radical (unpaired) electrons. The van der Waals surface area contributed by atoms with Gasteiger partial charge in [-0.2, -0.15) is 4.72 Å². The Morgan fingerprint density at radius 3 is 2.83 bits per heavy atom. The second-order valence-corrected chi connectivity index (χ2v) is 5.60. The van der Waals surface area contributed by atoms with Gasteiger partial charge in [0.15, 0.2) is 5.03 Å². The van der Waals surface area contributed by atoms with E-state index in [4.69, 9.17) is 0 Å². The van der Waals surface area contributed by atoms with Crippen molar-refractivity contribution < 1.29 is 18.0 Å². The van der Waals surface area contributed by atoms with Crippen LogP contribution in [0, 0.1) is 0 Å². The number of hydrogen-bond acceptors (Lipinski definition) is 5. The molecule has 1 unspecified atom stereocenters. The molecule has 1 aliphatic heterocycles. The number of carbonyl (C=O) groups is 2. The number of piperidine rings is 1. The highest BCUT2D eigenvalue weighted by atomic mass is 32.2. The average molecular weight is 272 g/mol. The summed E-state index contributed by atoms with van der Waals surface area (Å²) in [5, 5.41) is -0.116. The molecule has 2 rings (SSSR count). The summed E-state index contributed by atoms with van der Waals surface area (Å²) in [5.74, 6) is -0.855. The SMILES string of the molecule is CN1C(=O)CCC(NS(=O)(=O)c2cnc[nH]2)C1=O. The summed E-state index contributed by atoms with van der Waals surface area (Å²) in [6.07, 6.45) is 2.67.